The van der Waals surface area contributed by atoms with Crippen LogP contribution < -0.4 is 10.1 Å². The van der Waals surface area contributed by atoms with Gasteiger partial charge in [0.15, 0.2) is 0 Å². The monoisotopic (exact) mass is 345 g/mol. The number of rotatable bonds is 5. The molecule has 0 fully saturated rings. The van der Waals surface area contributed by atoms with Crippen molar-refractivity contribution in [3.63, 3.8) is 0 Å². The highest BCUT2D eigenvalue weighted by molar-refractivity contribution is 6.32. The van der Waals surface area contributed by atoms with E-state index < -0.39 is 18.4 Å². The van der Waals surface area contributed by atoms with Gasteiger partial charge < -0.3 is 15.2 Å². The molecule has 2 rings (SSSR count). The van der Waals surface area contributed by atoms with Crippen LogP contribution in [-0.4, -0.2) is 17.7 Å². The number of hydrogen-bond donors (Lipinski definition) is 2. The summed E-state index contributed by atoms with van der Waals surface area (Å²) in [5.41, 5.74) is 0.680. The number of aromatic carboxylic acids is 1. The van der Waals surface area contributed by atoms with Crippen LogP contribution in [-0.2, 0) is 0 Å². The summed E-state index contributed by atoms with van der Waals surface area (Å²) in [7, 11) is 0. The lowest BCUT2D eigenvalue weighted by atomic mass is 10.1. The number of halogens is 4. The molecular formula is C15H11ClF3NO3. The Labute approximate surface area is 134 Å². The molecule has 0 saturated carbocycles. The lowest BCUT2D eigenvalue weighted by molar-refractivity contribution is -0.0497. The first-order valence-corrected chi connectivity index (χ1v) is 6.70. The van der Waals surface area contributed by atoms with Gasteiger partial charge in [-0.25, -0.2) is 9.18 Å². The molecule has 0 atom stereocenters. The van der Waals surface area contributed by atoms with Crippen LogP contribution in [0.2, 0.25) is 5.02 Å². The van der Waals surface area contributed by atoms with Crippen LogP contribution >= 0.6 is 11.6 Å². The van der Waals surface area contributed by atoms with E-state index in [-0.39, 0.29) is 22.0 Å². The molecule has 0 aliphatic rings. The van der Waals surface area contributed by atoms with Gasteiger partial charge in [-0.05, 0) is 36.8 Å². The minimum Gasteiger partial charge on any atom is -0.478 e. The average molecular weight is 346 g/mol. The molecule has 2 N–H and O–H groups in total. The van der Waals surface area contributed by atoms with Crippen LogP contribution in [0.4, 0.5) is 24.5 Å². The molecule has 0 saturated heterocycles. The first-order chi connectivity index (χ1) is 10.8. The zero-order valence-electron chi connectivity index (χ0n) is 11.7. The summed E-state index contributed by atoms with van der Waals surface area (Å²) in [5, 5.41) is 11.7. The molecule has 0 unspecified atom stereocenters. The molecule has 0 heterocycles. The molecule has 0 spiro atoms. The summed E-state index contributed by atoms with van der Waals surface area (Å²) in [6, 6.07) is 5.89. The normalized spacial score (nSPS) is 10.7. The Hall–Kier alpha value is -2.41. The van der Waals surface area contributed by atoms with E-state index in [4.69, 9.17) is 11.6 Å². The summed E-state index contributed by atoms with van der Waals surface area (Å²) >= 11 is 5.75. The maximum atomic E-state index is 13.1. The summed E-state index contributed by atoms with van der Waals surface area (Å²) in [5.74, 6) is -2.13. The fourth-order valence-electron chi connectivity index (χ4n) is 1.93. The van der Waals surface area contributed by atoms with Gasteiger partial charge in [0.05, 0.1) is 16.3 Å². The average Bonchev–Trinajstić information content (AvgIpc) is 2.44. The number of hydrogen-bond acceptors (Lipinski definition) is 3. The Morgan fingerprint density at radius 3 is 2.52 bits per heavy atom. The van der Waals surface area contributed by atoms with E-state index in [0.29, 0.717) is 11.3 Å². The van der Waals surface area contributed by atoms with Crippen molar-refractivity contribution in [2.45, 2.75) is 13.5 Å². The maximum absolute atomic E-state index is 13.1. The van der Waals surface area contributed by atoms with E-state index >= 15 is 0 Å². The number of ether oxygens (including phenoxy) is 1. The van der Waals surface area contributed by atoms with E-state index in [1.54, 1.807) is 6.92 Å². The summed E-state index contributed by atoms with van der Waals surface area (Å²) in [6.45, 7) is -1.50. The van der Waals surface area contributed by atoms with Gasteiger partial charge in [-0.2, -0.15) is 8.78 Å². The minimum atomic E-state index is -3.11. The van der Waals surface area contributed by atoms with Gasteiger partial charge >= 0.3 is 12.6 Å². The molecule has 0 bridgehead atoms. The van der Waals surface area contributed by atoms with E-state index in [2.05, 4.69) is 10.1 Å². The van der Waals surface area contributed by atoms with Crippen molar-refractivity contribution in [1.29, 1.82) is 0 Å². The highest BCUT2D eigenvalue weighted by atomic mass is 35.5. The SMILES string of the molecule is Cc1cc(F)ccc1Nc1cc(OC(F)F)c(Cl)cc1C(=O)O. The molecule has 4 nitrogen and oxygen atoms in total. The van der Waals surface area contributed by atoms with Crippen molar-refractivity contribution < 1.29 is 27.8 Å². The van der Waals surface area contributed by atoms with Gasteiger partial charge in [0.25, 0.3) is 0 Å². The largest absolute Gasteiger partial charge is 0.478 e. The standard InChI is InChI=1S/C15H11ClF3NO3/c1-7-4-8(17)2-3-11(7)20-12-6-13(23-15(18)19)10(16)5-9(12)14(21)22/h2-6,15,20H,1H3,(H,21,22). The van der Waals surface area contributed by atoms with Gasteiger partial charge in [-0.1, -0.05) is 11.6 Å². The third kappa shape index (κ3) is 4.07. The molecule has 2 aromatic carbocycles. The van der Waals surface area contributed by atoms with Crippen LogP contribution in [0.25, 0.3) is 0 Å². The molecule has 0 aliphatic heterocycles. The van der Waals surface area contributed by atoms with Crippen LogP contribution in [0, 0.1) is 12.7 Å². The molecule has 2 aromatic rings. The second-order valence-corrected chi connectivity index (χ2v) is 5.00. The van der Waals surface area contributed by atoms with E-state index in [1.807, 2.05) is 0 Å². The number of anilines is 2. The Bertz CT molecular complexity index is 753. The molecule has 0 amide bonds. The molecule has 0 aromatic heterocycles. The Balaban J connectivity index is 2.47. The first kappa shape index (κ1) is 17.0. The fraction of sp³-hybridized carbons (Fsp3) is 0.133. The van der Waals surface area contributed by atoms with Gasteiger partial charge in [-0.3, -0.25) is 0 Å². The predicted molar refractivity (Wildman–Crippen MR) is 79.5 cm³/mol. The maximum Gasteiger partial charge on any atom is 0.387 e. The Morgan fingerprint density at radius 2 is 1.96 bits per heavy atom. The van der Waals surface area contributed by atoms with E-state index in [9.17, 15) is 23.1 Å². The Kier molecular flexibility index (Phi) is 5.00. The van der Waals surface area contributed by atoms with Crippen LogP contribution in [0.3, 0.4) is 0 Å². The van der Waals surface area contributed by atoms with Gasteiger partial charge in [0.2, 0.25) is 0 Å². The van der Waals surface area contributed by atoms with Crippen molar-refractivity contribution in [1.82, 2.24) is 0 Å². The van der Waals surface area contributed by atoms with Crippen LogP contribution in [0.5, 0.6) is 5.75 Å². The summed E-state index contributed by atoms with van der Waals surface area (Å²) < 4.78 is 42.1. The summed E-state index contributed by atoms with van der Waals surface area (Å²) in [6.07, 6.45) is 0. The topological polar surface area (TPSA) is 58.6 Å². The van der Waals surface area contributed by atoms with Gasteiger partial charge in [0, 0.05) is 11.8 Å². The smallest absolute Gasteiger partial charge is 0.387 e. The Morgan fingerprint density at radius 1 is 1.26 bits per heavy atom. The molecular weight excluding hydrogens is 335 g/mol. The fourth-order valence-corrected chi connectivity index (χ4v) is 2.14. The van der Waals surface area contributed by atoms with E-state index in [1.165, 1.54) is 18.2 Å². The third-order valence-corrected chi connectivity index (χ3v) is 3.27. The number of alkyl halides is 2. The first-order valence-electron chi connectivity index (χ1n) is 6.32. The number of benzene rings is 2. The number of aryl methyl sites for hydroxylation is 1. The van der Waals surface area contributed by atoms with Crippen molar-refractivity contribution in [2.75, 3.05) is 5.32 Å². The highest BCUT2D eigenvalue weighted by Crippen LogP contribution is 2.34. The number of carbonyl (C=O) groups is 1. The highest BCUT2D eigenvalue weighted by Gasteiger charge is 2.18. The number of carboxylic acids is 1. The predicted octanol–water partition coefficient (Wildman–Crippen LogP) is 4.83. The van der Waals surface area contributed by atoms with Crippen LogP contribution in [0.1, 0.15) is 15.9 Å². The molecule has 8 heteroatoms. The van der Waals surface area contributed by atoms with Crippen molar-refractivity contribution in [2.24, 2.45) is 0 Å². The second kappa shape index (κ2) is 6.78. The summed E-state index contributed by atoms with van der Waals surface area (Å²) in [4.78, 5) is 11.3. The molecule has 0 aliphatic carbocycles. The van der Waals surface area contributed by atoms with Crippen molar-refractivity contribution >= 4 is 28.9 Å². The molecule has 0 radical (unpaired) electrons. The van der Waals surface area contributed by atoms with Gasteiger partial charge in [0.1, 0.15) is 11.6 Å². The molecule has 122 valence electrons. The second-order valence-electron chi connectivity index (χ2n) is 4.60. The van der Waals surface area contributed by atoms with Crippen molar-refractivity contribution in [3.05, 3.63) is 52.3 Å². The van der Waals surface area contributed by atoms with Crippen molar-refractivity contribution in [3.8, 4) is 5.75 Å². The lowest BCUT2D eigenvalue weighted by Gasteiger charge is -2.15. The quantitative estimate of drug-likeness (QED) is 0.814. The lowest BCUT2D eigenvalue weighted by Crippen LogP contribution is -2.07. The number of carboxylic acid groups (broad SMARTS) is 1. The zero-order valence-corrected chi connectivity index (χ0v) is 12.5. The third-order valence-electron chi connectivity index (χ3n) is 2.98. The van der Waals surface area contributed by atoms with Gasteiger partial charge in [-0.15, -0.1) is 0 Å². The van der Waals surface area contributed by atoms with E-state index in [0.717, 1.165) is 12.1 Å². The van der Waals surface area contributed by atoms with Crippen LogP contribution in [0.15, 0.2) is 30.3 Å². The minimum absolute atomic E-state index is 0.00717. The molecule has 23 heavy (non-hydrogen) atoms. The number of nitrogens with one attached hydrogen (secondary N) is 1. The zero-order chi connectivity index (χ0) is 17.1.